The SMILES string of the molecule is O=C(Nc1nnc(C2COc3ccccc3O2)o1)c1cccc2ccccc12. The molecule has 1 aromatic heterocycles. The van der Waals surface area contributed by atoms with E-state index in [4.69, 9.17) is 13.9 Å². The first-order chi connectivity index (χ1) is 13.8. The Morgan fingerprint density at radius 1 is 0.929 bits per heavy atom. The van der Waals surface area contributed by atoms with Gasteiger partial charge in [0, 0.05) is 5.56 Å². The minimum Gasteiger partial charge on any atom is -0.485 e. The highest BCUT2D eigenvalue weighted by molar-refractivity contribution is 6.12. The molecule has 0 saturated heterocycles. The van der Waals surface area contributed by atoms with Crippen LogP contribution in [0.5, 0.6) is 11.5 Å². The van der Waals surface area contributed by atoms with E-state index in [0.717, 1.165) is 10.8 Å². The van der Waals surface area contributed by atoms with Gasteiger partial charge in [-0.25, -0.2) is 0 Å². The van der Waals surface area contributed by atoms with Crippen molar-refractivity contribution in [3.8, 4) is 11.5 Å². The zero-order valence-corrected chi connectivity index (χ0v) is 14.7. The molecular formula is C21H15N3O4. The van der Waals surface area contributed by atoms with Crippen LogP contribution >= 0.6 is 0 Å². The molecule has 0 bridgehead atoms. The van der Waals surface area contributed by atoms with Crippen LogP contribution in [0, 0.1) is 0 Å². The van der Waals surface area contributed by atoms with Gasteiger partial charge in [-0.05, 0) is 29.0 Å². The van der Waals surface area contributed by atoms with E-state index in [9.17, 15) is 4.79 Å². The van der Waals surface area contributed by atoms with Crippen molar-refractivity contribution in [3.05, 3.63) is 78.2 Å². The van der Waals surface area contributed by atoms with Crippen LogP contribution in [0.2, 0.25) is 0 Å². The van der Waals surface area contributed by atoms with Gasteiger partial charge in [0.05, 0.1) is 0 Å². The second-order valence-electron chi connectivity index (χ2n) is 6.29. The van der Waals surface area contributed by atoms with Gasteiger partial charge in [-0.1, -0.05) is 53.6 Å². The molecule has 1 atom stereocenters. The average molecular weight is 373 g/mol. The summed E-state index contributed by atoms with van der Waals surface area (Å²) in [6, 6.07) is 20.6. The molecular weight excluding hydrogens is 358 g/mol. The van der Waals surface area contributed by atoms with E-state index >= 15 is 0 Å². The third-order valence-corrected chi connectivity index (χ3v) is 4.48. The van der Waals surface area contributed by atoms with E-state index in [1.54, 1.807) is 12.1 Å². The van der Waals surface area contributed by atoms with Crippen LogP contribution in [-0.2, 0) is 0 Å². The van der Waals surface area contributed by atoms with Crippen molar-refractivity contribution in [2.45, 2.75) is 6.10 Å². The maximum atomic E-state index is 12.7. The van der Waals surface area contributed by atoms with Crippen molar-refractivity contribution in [1.29, 1.82) is 0 Å². The van der Waals surface area contributed by atoms with E-state index in [2.05, 4.69) is 15.5 Å². The number of para-hydroxylation sites is 2. The largest absolute Gasteiger partial charge is 0.485 e. The molecule has 3 aromatic carbocycles. The van der Waals surface area contributed by atoms with E-state index in [1.807, 2.05) is 54.6 Å². The molecule has 0 aliphatic carbocycles. The normalized spacial score (nSPS) is 15.4. The summed E-state index contributed by atoms with van der Waals surface area (Å²) >= 11 is 0. The number of benzene rings is 3. The summed E-state index contributed by atoms with van der Waals surface area (Å²) in [5.41, 5.74) is 0.532. The van der Waals surface area contributed by atoms with Crippen molar-refractivity contribution in [2.75, 3.05) is 11.9 Å². The second-order valence-corrected chi connectivity index (χ2v) is 6.29. The smallest absolute Gasteiger partial charge is 0.322 e. The minimum atomic E-state index is -0.536. The molecule has 7 heteroatoms. The summed E-state index contributed by atoms with van der Waals surface area (Å²) in [7, 11) is 0. The molecule has 1 aliphatic rings. The Bertz CT molecular complexity index is 1170. The lowest BCUT2D eigenvalue weighted by Gasteiger charge is -2.23. The van der Waals surface area contributed by atoms with Crippen LogP contribution in [0.15, 0.2) is 71.1 Å². The quantitative estimate of drug-likeness (QED) is 0.584. The summed E-state index contributed by atoms with van der Waals surface area (Å²) in [6.45, 7) is 0.246. The topological polar surface area (TPSA) is 86.5 Å². The zero-order valence-electron chi connectivity index (χ0n) is 14.7. The summed E-state index contributed by atoms with van der Waals surface area (Å²) in [5, 5.41) is 12.4. The van der Waals surface area contributed by atoms with Crippen molar-refractivity contribution in [1.82, 2.24) is 10.2 Å². The van der Waals surface area contributed by atoms with Crippen LogP contribution < -0.4 is 14.8 Å². The number of anilines is 1. The number of aromatic nitrogens is 2. The molecule has 0 spiro atoms. The first kappa shape index (κ1) is 16.3. The van der Waals surface area contributed by atoms with Crippen LogP contribution in [0.1, 0.15) is 22.4 Å². The van der Waals surface area contributed by atoms with Crippen LogP contribution in [0.4, 0.5) is 6.01 Å². The van der Waals surface area contributed by atoms with Crippen LogP contribution in [-0.4, -0.2) is 22.7 Å². The molecule has 1 aliphatic heterocycles. The van der Waals surface area contributed by atoms with Crippen molar-refractivity contribution >= 4 is 22.7 Å². The highest BCUT2D eigenvalue weighted by Gasteiger charge is 2.27. The summed E-state index contributed by atoms with van der Waals surface area (Å²) in [6.07, 6.45) is -0.536. The fourth-order valence-electron chi connectivity index (χ4n) is 3.14. The van der Waals surface area contributed by atoms with Crippen molar-refractivity contribution < 1.29 is 18.7 Å². The third-order valence-electron chi connectivity index (χ3n) is 4.48. The number of carbonyl (C=O) groups excluding carboxylic acids is 1. The Morgan fingerprint density at radius 2 is 1.71 bits per heavy atom. The number of amides is 1. The highest BCUT2D eigenvalue weighted by atomic mass is 16.6. The highest BCUT2D eigenvalue weighted by Crippen LogP contribution is 2.35. The fraction of sp³-hybridized carbons (Fsp3) is 0.0952. The lowest BCUT2D eigenvalue weighted by molar-refractivity contribution is 0.0716. The molecule has 138 valence electrons. The van der Waals surface area contributed by atoms with Crippen molar-refractivity contribution in [3.63, 3.8) is 0 Å². The van der Waals surface area contributed by atoms with Gasteiger partial charge in [-0.2, -0.15) is 0 Å². The average Bonchev–Trinajstić information content (AvgIpc) is 3.21. The Morgan fingerprint density at radius 3 is 2.64 bits per heavy atom. The summed E-state index contributed by atoms with van der Waals surface area (Å²) in [4.78, 5) is 12.7. The van der Waals surface area contributed by atoms with Crippen LogP contribution in [0.25, 0.3) is 10.8 Å². The summed E-state index contributed by atoms with van der Waals surface area (Å²) in [5.74, 6) is 1.20. The molecule has 4 aromatic rings. The molecule has 5 rings (SSSR count). The molecule has 28 heavy (non-hydrogen) atoms. The molecule has 2 heterocycles. The van der Waals surface area contributed by atoms with Crippen LogP contribution in [0.3, 0.4) is 0 Å². The maximum Gasteiger partial charge on any atom is 0.322 e. The molecule has 0 saturated carbocycles. The predicted octanol–water partition coefficient (Wildman–Crippen LogP) is 3.99. The van der Waals surface area contributed by atoms with E-state index in [0.29, 0.717) is 17.1 Å². The van der Waals surface area contributed by atoms with E-state index in [-0.39, 0.29) is 24.4 Å². The first-order valence-electron chi connectivity index (χ1n) is 8.79. The van der Waals surface area contributed by atoms with Gasteiger partial charge in [0.15, 0.2) is 11.5 Å². The fourth-order valence-corrected chi connectivity index (χ4v) is 3.14. The number of carbonyl (C=O) groups is 1. The molecule has 7 nitrogen and oxygen atoms in total. The maximum absolute atomic E-state index is 12.7. The van der Waals surface area contributed by atoms with Crippen molar-refractivity contribution in [2.24, 2.45) is 0 Å². The molecule has 0 radical (unpaired) electrons. The predicted molar refractivity (Wildman–Crippen MR) is 102 cm³/mol. The molecule has 1 unspecified atom stereocenters. The Labute approximate surface area is 159 Å². The lowest BCUT2D eigenvalue weighted by atomic mass is 10.0. The van der Waals surface area contributed by atoms with Gasteiger partial charge >= 0.3 is 6.01 Å². The van der Waals surface area contributed by atoms with E-state index in [1.165, 1.54) is 0 Å². The summed E-state index contributed by atoms with van der Waals surface area (Å²) < 4.78 is 17.1. The number of rotatable bonds is 3. The second kappa shape index (κ2) is 6.70. The Balaban J connectivity index is 1.35. The zero-order chi connectivity index (χ0) is 18.9. The molecule has 0 fully saturated rings. The van der Waals surface area contributed by atoms with Gasteiger partial charge < -0.3 is 13.9 Å². The standard InChI is InChI=1S/C21H15N3O4/c25-19(15-9-5-7-13-6-1-2-8-14(13)15)22-21-24-23-20(28-21)18-12-26-16-10-3-4-11-17(16)27-18/h1-11,18H,12H2,(H,22,24,25). The molecule has 1 amide bonds. The monoisotopic (exact) mass is 373 g/mol. The first-order valence-corrected chi connectivity index (χ1v) is 8.79. The van der Waals surface area contributed by atoms with E-state index < -0.39 is 6.10 Å². The van der Waals surface area contributed by atoms with Gasteiger partial charge in [-0.15, -0.1) is 5.10 Å². The van der Waals surface area contributed by atoms with Gasteiger partial charge in [-0.3, -0.25) is 10.1 Å². The minimum absolute atomic E-state index is 0.00962. The Kier molecular flexibility index (Phi) is 3.90. The number of hydrogen-bond donors (Lipinski definition) is 1. The number of hydrogen-bond acceptors (Lipinski definition) is 6. The molecule has 1 N–H and O–H groups in total. The third kappa shape index (κ3) is 2.92. The Hall–Kier alpha value is -3.87. The number of fused-ring (bicyclic) bond motifs is 2. The number of nitrogens with zero attached hydrogens (tertiary/aromatic N) is 2. The lowest BCUT2D eigenvalue weighted by Crippen LogP contribution is -2.21. The van der Waals surface area contributed by atoms with Gasteiger partial charge in [0.1, 0.15) is 6.61 Å². The number of nitrogens with one attached hydrogen (secondary N) is 1. The van der Waals surface area contributed by atoms with Gasteiger partial charge in [0.25, 0.3) is 11.8 Å². The van der Waals surface area contributed by atoms with Gasteiger partial charge in [0.2, 0.25) is 6.10 Å². The number of ether oxygens (including phenoxy) is 2.